The molecule has 1 aliphatic heterocycles. The maximum absolute atomic E-state index is 13.1. The third-order valence-corrected chi connectivity index (χ3v) is 8.16. The van der Waals surface area contributed by atoms with Crippen LogP contribution in [0.4, 0.5) is 5.69 Å². The van der Waals surface area contributed by atoms with Crippen LogP contribution in [0.1, 0.15) is 35.2 Å². The summed E-state index contributed by atoms with van der Waals surface area (Å²) >= 11 is 2.17. The number of hydrogen-bond donors (Lipinski definition) is 1. The van der Waals surface area contributed by atoms with Crippen LogP contribution in [0.3, 0.4) is 0 Å². The van der Waals surface area contributed by atoms with Gasteiger partial charge in [0.1, 0.15) is 6.04 Å². The zero-order chi connectivity index (χ0) is 21.9. The van der Waals surface area contributed by atoms with Crippen molar-refractivity contribution in [1.29, 1.82) is 0 Å². The van der Waals surface area contributed by atoms with Gasteiger partial charge in [-0.15, -0.1) is 0 Å². The second-order valence-corrected chi connectivity index (χ2v) is 10.1. The van der Waals surface area contributed by atoms with Gasteiger partial charge in [0.15, 0.2) is 0 Å². The van der Waals surface area contributed by atoms with Crippen LogP contribution in [-0.2, 0) is 19.6 Å². The maximum Gasteiger partial charge on any atom is 0.324 e. The molecular weight excluding hydrogens is 519 g/mol. The Balaban J connectivity index is 1.77. The van der Waals surface area contributed by atoms with Gasteiger partial charge in [-0.05, 0) is 90.7 Å². The molecule has 1 fully saturated rings. The SMILES string of the molecule is COC(=O)C1CCCCN1S(=O)(=O)c1ccc(NC(=O)c2ccc(C)c(I)c2)cc1. The van der Waals surface area contributed by atoms with Gasteiger partial charge in [0, 0.05) is 21.4 Å². The molecule has 1 amide bonds. The third-order valence-electron chi connectivity index (χ3n) is 5.08. The molecule has 1 aliphatic rings. The number of piperidine rings is 1. The van der Waals surface area contributed by atoms with E-state index < -0.39 is 22.0 Å². The number of ether oxygens (including phenoxy) is 1. The quantitative estimate of drug-likeness (QED) is 0.461. The summed E-state index contributed by atoms with van der Waals surface area (Å²) in [6, 6.07) is 10.6. The molecule has 30 heavy (non-hydrogen) atoms. The third kappa shape index (κ3) is 4.84. The molecule has 0 aliphatic carbocycles. The number of methoxy groups -OCH3 is 1. The van der Waals surface area contributed by atoms with Crippen molar-refractivity contribution in [3.63, 3.8) is 0 Å². The standard InChI is InChI=1S/C21H23IN2O5S/c1-14-6-7-15(13-18(14)22)20(25)23-16-8-10-17(11-9-16)30(27,28)24-12-4-3-5-19(24)21(26)29-2/h6-11,13,19H,3-5,12H2,1-2H3,(H,23,25). The monoisotopic (exact) mass is 542 g/mol. The number of rotatable bonds is 5. The smallest absolute Gasteiger partial charge is 0.324 e. The van der Waals surface area contributed by atoms with Gasteiger partial charge in [-0.2, -0.15) is 4.31 Å². The van der Waals surface area contributed by atoms with Gasteiger partial charge in [-0.1, -0.05) is 6.07 Å². The minimum Gasteiger partial charge on any atom is -0.468 e. The molecule has 0 radical (unpaired) electrons. The minimum atomic E-state index is -3.86. The Morgan fingerprint density at radius 1 is 1.13 bits per heavy atom. The molecule has 1 N–H and O–H groups in total. The molecule has 0 saturated carbocycles. The molecule has 9 heteroatoms. The second kappa shape index (κ2) is 9.44. The van der Waals surface area contributed by atoms with Crippen LogP contribution < -0.4 is 5.32 Å². The van der Waals surface area contributed by atoms with Crippen LogP contribution in [0.2, 0.25) is 0 Å². The molecule has 7 nitrogen and oxygen atoms in total. The van der Waals surface area contributed by atoms with Crippen LogP contribution in [0.25, 0.3) is 0 Å². The lowest BCUT2D eigenvalue weighted by Gasteiger charge is -2.32. The Kier molecular flexibility index (Phi) is 7.14. The van der Waals surface area contributed by atoms with Gasteiger partial charge < -0.3 is 10.1 Å². The van der Waals surface area contributed by atoms with E-state index in [0.29, 0.717) is 24.1 Å². The highest BCUT2D eigenvalue weighted by molar-refractivity contribution is 14.1. The van der Waals surface area contributed by atoms with Crippen LogP contribution in [0.5, 0.6) is 0 Å². The highest BCUT2D eigenvalue weighted by atomic mass is 127. The average Bonchev–Trinajstić information content (AvgIpc) is 2.75. The van der Waals surface area contributed by atoms with Crippen molar-refractivity contribution >= 4 is 50.2 Å². The number of esters is 1. The number of amides is 1. The van der Waals surface area contributed by atoms with E-state index in [2.05, 4.69) is 27.9 Å². The number of sulfonamides is 1. The Bertz CT molecular complexity index is 1050. The highest BCUT2D eigenvalue weighted by Crippen LogP contribution is 2.27. The number of carbonyl (C=O) groups excluding carboxylic acids is 2. The number of carbonyl (C=O) groups is 2. The molecule has 2 aromatic carbocycles. The number of aryl methyl sites for hydroxylation is 1. The van der Waals surface area contributed by atoms with Crippen LogP contribution >= 0.6 is 22.6 Å². The van der Waals surface area contributed by atoms with Crippen molar-refractivity contribution in [2.24, 2.45) is 0 Å². The first-order chi connectivity index (χ1) is 14.2. The Morgan fingerprint density at radius 3 is 2.47 bits per heavy atom. The Morgan fingerprint density at radius 2 is 1.83 bits per heavy atom. The van der Waals surface area contributed by atoms with Crippen LogP contribution in [-0.4, -0.2) is 44.3 Å². The summed E-state index contributed by atoms with van der Waals surface area (Å²) in [7, 11) is -2.60. The minimum absolute atomic E-state index is 0.0705. The summed E-state index contributed by atoms with van der Waals surface area (Å²) in [5.41, 5.74) is 2.10. The van der Waals surface area contributed by atoms with Gasteiger partial charge in [-0.25, -0.2) is 8.42 Å². The van der Waals surface area contributed by atoms with Crippen molar-refractivity contribution in [2.45, 2.75) is 37.1 Å². The summed E-state index contributed by atoms with van der Waals surface area (Å²) in [6.07, 6.45) is 1.90. The first-order valence-corrected chi connectivity index (χ1v) is 12.0. The zero-order valence-electron chi connectivity index (χ0n) is 16.7. The van der Waals surface area contributed by atoms with E-state index in [1.54, 1.807) is 24.3 Å². The van der Waals surface area contributed by atoms with Crippen molar-refractivity contribution in [3.05, 3.63) is 57.2 Å². The lowest BCUT2D eigenvalue weighted by molar-refractivity contribution is -0.146. The van der Waals surface area contributed by atoms with Gasteiger partial charge in [0.2, 0.25) is 10.0 Å². The number of halogens is 1. The van der Waals surface area contributed by atoms with E-state index >= 15 is 0 Å². The van der Waals surface area contributed by atoms with E-state index in [-0.39, 0.29) is 17.3 Å². The molecule has 2 aromatic rings. The van der Waals surface area contributed by atoms with Gasteiger partial charge >= 0.3 is 5.97 Å². The van der Waals surface area contributed by atoms with Crippen molar-refractivity contribution in [3.8, 4) is 0 Å². The van der Waals surface area contributed by atoms with Crippen molar-refractivity contribution in [2.75, 3.05) is 19.0 Å². The van der Waals surface area contributed by atoms with E-state index in [1.807, 2.05) is 13.0 Å². The van der Waals surface area contributed by atoms with Crippen LogP contribution in [0.15, 0.2) is 47.4 Å². The molecule has 3 rings (SSSR count). The Labute approximate surface area is 190 Å². The van der Waals surface area contributed by atoms with Gasteiger partial charge in [0.25, 0.3) is 5.91 Å². The van der Waals surface area contributed by atoms with E-state index in [4.69, 9.17) is 4.74 Å². The summed E-state index contributed by atoms with van der Waals surface area (Å²) < 4.78 is 33.1. The number of hydrogen-bond acceptors (Lipinski definition) is 5. The Hall–Kier alpha value is -1.98. The predicted octanol–water partition coefficient (Wildman–Crippen LogP) is 3.57. The van der Waals surface area contributed by atoms with E-state index in [0.717, 1.165) is 15.6 Å². The molecule has 0 bridgehead atoms. The number of benzene rings is 2. The number of anilines is 1. The molecular formula is C21H23IN2O5S. The number of nitrogens with one attached hydrogen (secondary N) is 1. The molecule has 160 valence electrons. The normalized spacial score (nSPS) is 17.4. The van der Waals surface area contributed by atoms with Gasteiger partial charge in [-0.3, -0.25) is 9.59 Å². The molecule has 1 unspecified atom stereocenters. The molecule has 1 heterocycles. The largest absolute Gasteiger partial charge is 0.468 e. The summed E-state index contributed by atoms with van der Waals surface area (Å²) in [5, 5.41) is 2.77. The summed E-state index contributed by atoms with van der Waals surface area (Å²) in [4.78, 5) is 24.6. The first-order valence-electron chi connectivity index (χ1n) is 9.51. The molecule has 0 spiro atoms. The predicted molar refractivity (Wildman–Crippen MR) is 122 cm³/mol. The van der Waals surface area contributed by atoms with E-state index in [1.165, 1.54) is 23.5 Å². The highest BCUT2D eigenvalue weighted by Gasteiger charge is 2.38. The fraction of sp³-hybridized carbons (Fsp3) is 0.333. The lowest BCUT2D eigenvalue weighted by atomic mass is 10.1. The second-order valence-electron chi connectivity index (χ2n) is 7.09. The average molecular weight is 542 g/mol. The fourth-order valence-corrected chi connectivity index (χ4v) is 5.51. The lowest BCUT2D eigenvalue weighted by Crippen LogP contribution is -2.48. The molecule has 1 saturated heterocycles. The van der Waals surface area contributed by atoms with Crippen molar-refractivity contribution < 1.29 is 22.7 Å². The first kappa shape index (κ1) is 22.7. The summed E-state index contributed by atoms with van der Waals surface area (Å²) in [5.74, 6) is -0.819. The molecule has 1 atom stereocenters. The molecule has 0 aromatic heterocycles. The van der Waals surface area contributed by atoms with Crippen molar-refractivity contribution in [1.82, 2.24) is 4.31 Å². The van der Waals surface area contributed by atoms with Gasteiger partial charge in [0.05, 0.1) is 12.0 Å². The number of nitrogens with zero attached hydrogens (tertiary/aromatic N) is 1. The summed E-state index contributed by atoms with van der Waals surface area (Å²) in [6.45, 7) is 2.24. The topological polar surface area (TPSA) is 92.8 Å². The van der Waals surface area contributed by atoms with Crippen LogP contribution in [0, 0.1) is 10.5 Å². The fourth-order valence-electron chi connectivity index (χ4n) is 3.35. The maximum atomic E-state index is 13.1. The van der Waals surface area contributed by atoms with E-state index in [9.17, 15) is 18.0 Å². The zero-order valence-corrected chi connectivity index (χ0v) is 19.7.